The van der Waals surface area contributed by atoms with Crippen LogP contribution in [0, 0.1) is 23.7 Å². The largest absolute Gasteiger partial charge is 0.361 e. The molecule has 1 heterocycles. The Morgan fingerprint density at radius 1 is 0.719 bits per heavy atom. The SMILES string of the molecule is NCCC[C@@H](NC(=O)[C@H](Cc1c[nH]c2ccccc12)NC1CCC(CC2=C\C=C/C=C\C=C/C=C\C=C2)C1)C(=O)C1CCC(CC2CCCCCCCCCC2)C1. The van der Waals surface area contributed by atoms with Crippen molar-refractivity contribution in [1.29, 1.82) is 0 Å². The Morgan fingerprint density at radius 2 is 1.40 bits per heavy atom. The predicted octanol–water partition coefficient (Wildman–Crippen LogP) is 11.1. The van der Waals surface area contributed by atoms with Gasteiger partial charge in [0.15, 0.2) is 5.78 Å². The number of ketones is 1. The Morgan fingerprint density at radius 3 is 2.16 bits per heavy atom. The highest BCUT2D eigenvalue weighted by Crippen LogP contribution is 2.39. The van der Waals surface area contributed by atoms with Crippen molar-refractivity contribution in [2.45, 2.75) is 153 Å². The summed E-state index contributed by atoms with van der Waals surface area (Å²) in [6, 6.07) is 7.62. The van der Waals surface area contributed by atoms with E-state index in [1.54, 1.807) is 0 Å². The summed E-state index contributed by atoms with van der Waals surface area (Å²) in [6.07, 6.45) is 49.4. The van der Waals surface area contributed by atoms with E-state index in [0.717, 1.165) is 73.8 Å². The van der Waals surface area contributed by atoms with E-state index in [1.165, 1.54) is 76.2 Å². The zero-order valence-corrected chi connectivity index (χ0v) is 34.7. The number of aromatic nitrogens is 1. The monoisotopic (exact) mass is 773 g/mol. The van der Waals surface area contributed by atoms with Crippen molar-refractivity contribution in [3.63, 3.8) is 0 Å². The summed E-state index contributed by atoms with van der Waals surface area (Å²) in [5, 5.41) is 8.34. The van der Waals surface area contributed by atoms with E-state index >= 15 is 0 Å². The number of hydrogen-bond acceptors (Lipinski definition) is 4. The average molecular weight is 773 g/mol. The number of hydrogen-bond donors (Lipinski definition) is 4. The van der Waals surface area contributed by atoms with Gasteiger partial charge in [-0.1, -0.05) is 149 Å². The first kappa shape index (κ1) is 42.9. The Labute approximate surface area is 344 Å². The standard InChI is InChI=1S/C51H72N4O2/c52-32-20-27-48(50(56)43-30-28-41(35-43)33-39-21-14-12-8-4-5-9-13-15-22-39)55-51(57)49(37-44-38-53-47-26-19-18-25-46(44)47)54-45-31-29-42(36-45)34-40-23-16-10-6-2-1-3-7-11-17-24-40/h1-3,6-7,10-11,16-19,23-26,38-39,41-43,45,48-49,53-54H,4-5,8-9,12-15,20-22,27-37,52H2,(H,55,57)/b2-1-,3-1?,6-2?,7-3-,10-6-,11-7?,16-10?,17-11-,23-16?,24-17?,40-23?,40-24?/t41?,42?,43?,45?,48-,49+/m1/s1. The highest BCUT2D eigenvalue weighted by Gasteiger charge is 2.37. The first-order valence-corrected chi connectivity index (χ1v) is 22.9. The fraction of sp³-hybridized carbons (Fsp3) is 0.569. The molecule has 5 N–H and O–H groups in total. The smallest absolute Gasteiger partial charge is 0.238 e. The number of H-pyrrole nitrogens is 1. The number of amides is 1. The van der Waals surface area contributed by atoms with Gasteiger partial charge in [0, 0.05) is 29.1 Å². The van der Waals surface area contributed by atoms with E-state index in [-0.39, 0.29) is 23.7 Å². The molecule has 1 aromatic carbocycles. The molecule has 2 aromatic rings. The topological polar surface area (TPSA) is 100 Å². The molecule has 1 aromatic heterocycles. The number of rotatable bonds is 15. The number of para-hydroxylation sites is 1. The molecule has 4 aliphatic carbocycles. The fourth-order valence-electron chi connectivity index (χ4n) is 10.3. The lowest BCUT2D eigenvalue weighted by Gasteiger charge is -2.27. The molecule has 0 aliphatic heterocycles. The second kappa shape index (κ2) is 23.6. The van der Waals surface area contributed by atoms with Gasteiger partial charge in [0.05, 0.1) is 12.1 Å². The van der Waals surface area contributed by atoms with Crippen molar-refractivity contribution >= 4 is 22.6 Å². The molecule has 1 amide bonds. The summed E-state index contributed by atoms with van der Waals surface area (Å²) in [5.41, 5.74) is 9.53. The first-order chi connectivity index (χ1) is 28.1. The maximum atomic E-state index is 14.5. The van der Waals surface area contributed by atoms with Gasteiger partial charge >= 0.3 is 0 Å². The van der Waals surface area contributed by atoms with Crippen molar-refractivity contribution in [3.8, 4) is 0 Å². The molecule has 3 fully saturated rings. The van der Waals surface area contributed by atoms with E-state index in [2.05, 4.69) is 88.6 Å². The molecule has 4 unspecified atom stereocenters. The lowest BCUT2D eigenvalue weighted by Crippen LogP contribution is -2.53. The zero-order chi connectivity index (χ0) is 39.5. The predicted molar refractivity (Wildman–Crippen MR) is 239 cm³/mol. The van der Waals surface area contributed by atoms with E-state index in [1.807, 2.05) is 24.3 Å². The molecule has 308 valence electrons. The van der Waals surface area contributed by atoms with Crippen LogP contribution in [0.3, 0.4) is 0 Å². The van der Waals surface area contributed by atoms with Crippen LogP contribution in [0.25, 0.3) is 10.9 Å². The van der Waals surface area contributed by atoms with Crippen molar-refractivity contribution < 1.29 is 9.59 Å². The van der Waals surface area contributed by atoms with Gasteiger partial charge in [0.25, 0.3) is 0 Å². The molecule has 3 saturated carbocycles. The molecule has 0 radical (unpaired) electrons. The van der Waals surface area contributed by atoms with Crippen molar-refractivity contribution in [2.75, 3.05) is 6.54 Å². The van der Waals surface area contributed by atoms with E-state index < -0.39 is 12.1 Å². The number of nitrogens with one attached hydrogen (secondary N) is 3. The average Bonchev–Trinajstić information content (AvgIpc) is 3.97. The number of nitrogens with two attached hydrogens (primary N) is 1. The third-order valence-electron chi connectivity index (χ3n) is 13.4. The van der Waals surface area contributed by atoms with Gasteiger partial charge < -0.3 is 21.4 Å². The van der Waals surface area contributed by atoms with Crippen LogP contribution in [0.4, 0.5) is 0 Å². The van der Waals surface area contributed by atoms with Gasteiger partial charge in [0.1, 0.15) is 0 Å². The van der Waals surface area contributed by atoms with Gasteiger partial charge in [0.2, 0.25) is 5.91 Å². The molecular weight excluding hydrogens is 701 g/mol. The van der Waals surface area contributed by atoms with Crippen LogP contribution >= 0.6 is 0 Å². The highest BCUT2D eigenvalue weighted by atomic mass is 16.2. The maximum Gasteiger partial charge on any atom is 0.238 e. The van der Waals surface area contributed by atoms with Crippen LogP contribution in [0.15, 0.2) is 103 Å². The summed E-state index contributed by atoms with van der Waals surface area (Å²) >= 11 is 0. The highest BCUT2D eigenvalue weighted by molar-refractivity contribution is 5.93. The first-order valence-electron chi connectivity index (χ1n) is 22.9. The molecule has 6 heteroatoms. The minimum atomic E-state index is -0.488. The summed E-state index contributed by atoms with van der Waals surface area (Å²) in [5.74, 6) is 2.18. The molecule has 0 bridgehead atoms. The number of aromatic amines is 1. The third-order valence-corrected chi connectivity index (χ3v) is 13.4. The van der Waals surface area contributed by atoms with Crippen LogP contribution in [-0.2, 0) is 16.0 Å². The minimum absolute atomic E-state index is 0.0355. The van der Waals surface area contributed by atoms with Crippen molar-refractivity contribution in [2.24, 2.45) is 29.4 Å². The second-order valence-corrected chi connectivity index (χ2v) is 17.8. The van der Waals surface area contributed by atoms with Crippen LogP contribution in [0.2, 0.25) is 0 Å². The van der Waals surface area contributed by atoms with Gasteiger partial charge in [-0.3, -0.25) is 9.59 Å². The quantitative estimate of drug-likeness (QED) is 0.145. The van der Waals surface area contributed by atoms with Gasteiger partial charge in [-0.2, -0.15) is 0 Å². The van der Waals surface area contributed by atoms with Crippen LogP contribution in [-0.4, -0.2) is 41.3 Å². The Kier molecular flexibility index (Phi) is 17.8. The van der Waals surface area contributed by atoms with Crippen molar-refractivity contribution in [1.82, 2.24) is 15.6 Å². The van der Waals surface area contributed by atoms with Crippen LogP contribution in [0.5, 0.6) is 0 Å². The van der Waals surface area contributed by atoms with Gasteiger partial charge in [-0.15, -0.1) is 0 Å². The van der Waals surface area contributed by atoms with Crippen LogP contribution in [0.1, 0.15) is 134 Å². The Bertz CT molecular complexity index is 1710. The summed E-state index contributed by atoms with van der Waals surface area (Å²) in [7, 11) is 0. The van der Waals surface area contributed by atoms with E-state index in [9.17, 15) is 9.59 Å². The number of allylic oxidation sites excluding steroid dienone is 12. The Hall–Kier alpha value is -3.74. The molecule has 6 rings (SSSR count). The number of carbonyl (C=O) groups excluding carboxylic acids is 2. The van der Waals surface area contributed by atoms with Gasteiger partial charge in [-0.05, 0) is 112 Å². The number of fused-ring (bicyclic) bond motifs is 1. The lowest BCUT2D eigenvalue weighted by atomic mass is 9.85. The number of Topliss-reactive ketones (excluding diaryl/α,β-unsaturated/α-hetero) is 1. The summed E-state index contributed by atoms with van der Waals surface area (Å²) < 4.78 is 0. The molecular formula is C51H72N4O2. The molecule has 0 saturated heterocycles. The van der Waals surface area contributed by atoms with Gasteiger partial charge in [-0.25, -0.2) is 0 Å². The summed E-state index contributed by atoms with van der Waals surface area (Å²) in [4.78, 5) is 32.3. The third kappa shape index (κ3) is 14.0. The maximum absolute atomic E-state index is 14.5. The molecule has 4 aliphatic rings. The van der Waals surface area contributed by atoms with E-state index in [0.29, 0.717) is 31.2 Å². The fourth-order valence-corrected chi connectivity index (χ4v) is 10.3. The summed E-state index contributed by atoms with van der Waals surface area (Å²) in [6.45, 7) is 0.514. The molecule has 6 nitrogen and oxygen atoms in total. The molecule has 6 atom stereocenters. The van der Waals surface area contributed by atoms with Crippen LogP contribution < -0.4 is 16.4 Å². The minimum Gasteiger partial charge on any atom is -0.361 e. The molecule has 57 heavy (non-hydrogen) atoms. The lowest BCUT2D eigenvalue weighted by molar-refractivity contribution is -0.131. The van der Waals surface area contributed by atoms with E-state index in [4.69, 9.17) is 5.73 Å². The normalized spacial score (nSPS) is 27.3. The zero-order valence-electron chi connectivity index (χ0n) is 34.7. The van der Waals surface area contributed by atoms with Crippen molar-refractivity contribution in [3.05, 3.63) is 108 Å². The second-order valence-electron chi connectivity index (χ2n) is 17.8. The number of benzene rings is 1. The Balaban J connectivity index is 1.10. The molecule has 0 spiro atoms. The number of carbonyl (C=O) groups is 2.